The van der Waals surface area contributed by atoms with E-state index < -0.39 is 6.36 Å². The van der Waals surface area contributed by atoms with E-state index in [0.717, 1.165) is 6.42 Å². The summed E-state index contributed by atoms with van der Waals surface area (Å²) in [5.74, 6) is -0.0683. The van der Waals surface area contributed by atoms with E-state index in [1.165, 1.54) is 18.2 Å². The molecule has 1 aromatic rings. The number of ether oxygens (including phenoxy) is 1. The molecule has 1 unspecified atom stereocenters. The number of guanidine groups is 1. The van der Waals surface area contributed by atoms with E-state index in [9.17, 15) is 13.2 Å². The second-order valence-corrected chi connectivity index (χ2v) is 4.31. The Balaban J connectivity index is 2.75. The molecule has 3 N–H and O–H groups in total. The van der Waals surface area contributed by atoms with Crippen molar-refractivity contribution in [3.8, 4) is 5.75 Å². The summed E-state index contributed by atoms with van der Waals surface area (Å²) in [6, 6.07) is 6.00. The van der Waals surface area contributed by atoms with Crippen LogP contribution in [-0.2, 0) is 6.54 Å². The molecule has 0 amide bonds. The number of alkyl halides is 3. The van der Waals surface area contributed by atoms with E-state index in [0.29, 0.717) is 5.56 Å². The summed E-state index contributed by atoms with van der Waals surface area (Å²) in [5, 5.41) is 2.93. The molecule has 0 saturated carbocycles. The van der Waals surface area contributed by atoms with Gasteiger partial charge < -0.3 is 15.8 Å². The Hall–Kier alpha value is -1.92. The summed E-state index contributed by atoms with van der Waals surface area (Å²) in [6.45, 7) is 3.93. The minimum atomic E-state index is -4.72. The van der Waals surface area contributed by atoms with Gasteiger partial charge in [0, 0.05) is 11.6 Å². The van der Waals surface area contributed by atoms with Gasteiger partial charge in [0.15, 0.2) is 5.96 Å². The van der Waals surface area contributed by atoms with Crippen LogP contribution in [0.15, 0.2) is 29.3 Å². The zero-order valence-corrected chi connectivity index (χ0v) is 11.4. The molecule has 0 saturated heterocycles. The molecular weight excluding hydrogens is 271 g/mol. The molecule has 1 atom stereocenters. The van der Waals surface area contributed by atoms with Gasteiger partial charge in [-0.1, -0.05) is 25.1 Å². The molecule has 4 nitrogen and oxygen atoms in total. The summed E-state index contributed by atoms with van der Waals surface area (Å²) < 4.78 is 40.7. The molecule has 7 heteroatoms. The topological polar surface area (TPSA) is 59.6 Å². The highest BCUT2D eigenvalue weighted by Crippen LogP contribution is 2.26. The van der Waals surface area contributed by atoms with Gasteiger partial charge in [-0.3, -0.25) is 0 Å². The SMILES string of the molecule is CCC(C)NC(N)=NCc1ccccc1OC(F)(F)F. The third kappa shape index (κ3) is 5.81. The first kappa shape index (κ1) is 16.1. The van der Waals surface area contributed by atoms with Crippen molar-refractivity contribution in [2.45, 2.75) is 39.2 Å². The third-order valence-corrected chi connectivity index (χ3v) is 2.62. The van der Waals surface area contributed by atoms with Crippen LogP contribution in [0.4, 0.5) is 13.2 Å². The Bertz CT molecular complexity index is 460. The molecule has 0 aliphatic rings. The van der Waals surface area contributed by atoms with Crippen LogP contribution < -0.4 is 15.8 Å². The van der Waals surface area contributed by atoms with Crippen LogP contribution in [0.25, 0.3) is 0 Å². The fourth-order valence-corrected chi connectivity index (χ4v) is 1.43. The van der Waals surface area contributed by atoms with Gasteiger partial charge in [-0.25, -0.2) is 4.99 Å². The number of hydrogen-bond donors (Lipinski definition) is 2. The number of hydrogen-bond acceptors (Lipinski definition) is 2. The molecular formula is C13H18F3N3O. The Kier molecular flexibility index (Phi) is 5.66. The fourth-order valence-electron chi connectivity index (χ4n) is 1.43. The number of aliphatic imine (C=N–C) groups is 1. The zero-order valence-electron chi connectivity index (χ0n) is 11.4. The lowest BCUT2D eigenvalue weighted by Gasteiger charge is -2.13. The second kappa shape index (κ2) is 7.02. The van der Waals surface area contributed by atoms with Gasteiger partial charge in [-0.15, -0.1) is 13.2 Å². The summed E-state index contributed by atoms with van der Waals surface area (Å²) in [5.41, 5.74) is 5.97. The van der Waals surface area contributed by atoms with Crippen LogP contribution in [0.1, 0.15) is 25.8 Å². The highest BCUT2D eigenvalue weighted by Gasteiger charge is 2.31. The number of nitrogens with one attached hydrogen (secondary N) is 1. The van der Waals surface area contributed by atoms with Crippen molar-refractivity contribution in [2.75, 3.05) is 0 Å². The highest BCUT2D eigenvalue weighted by molar-refractivity contribution is 5.78. The predicted molar refractivity (Wildman–Crippen MR) is 71.3 cm³/mol. The number of rotatable bonds is 5. The van der Waals surface area contributed by atoms with Gasteiger partial charge in [-0.05, 0) is 19.4 Å². The molecule has 0 aliphatic carbocycles. The van der Waals surface area contributed by atoms with Gasteiger partial charge in [0.25, 0.3) is 0 Å². The van der Waals surface area contributed by atoms with Crippen molar-refractivity contribution in [3.05, 3.63) is 29.8 Å². The van der Waals surface area contributed by atoms with E-state index in [4.69, 9.17) is 5.73 Å². The van der Waals surface area contributed by atoms with Gasteiger partial charge in [0.2, 0.25) is 0 Å². The zero-order chi connectivity index (χ0) is 15.2. The highest BCUT2D eigenvalue weighted by atomic mass is 19.4. The lowest BCUT2D eigenvalue weighted by Crippen LogP contribution is -2.38. The van der Waals surface area contributed by atoms with Crippen molar-refractivity contribution in [2.24, 2.45) is 10.7 Å². The number of benzene rings is 1. The number of para-hydroxylation sites is 1. The van der Waals surface area contributed by atoms with Crippen molar-refractivity contribution >= 4 is 5.96 Å². The average molecular weight is 289 g/mol. The Morgan fingerprint density at radius 3 is 2.65 bits per heavy atom. The fraction of sp³-hybridized carbons (Fsp3) is 0.462. The van der Waals surface area contributed by atoms with Crippen molar-refractivity contribution in [1.82, 2.24) is 5.32 Å². The number of nitrogens with two attached hydrogens (primary N) is 1. The van der Waals surface area contributed by atoms with Crippen LogP contribution in [0.3, 0.4) is 0 Å². The largest absolute Gasteiger partial charge is 0.573 e. The van der Waals surface area contributed by atoms with Crippen LogP contribution in [0.5, 0.6) is 5.75 Å². The minimum Gasteiger partial charge on any atom is -0.405 e. The summed E-state index contributed by atoms with van der Waals surface area (Å²) in [6.07, 6.45) is -3.86. The number of nitrogens with zero attached hydrogens (tertiary/aromatic N) is 1. The monoisotopic (exact) mass is 289 g/mol. The van der Waals surface area contributed by atoms with E-state index in [-0.39, 0.29) is 24.3 Å². The maximum atomic E-state index is 12.2. The minimum absolute atomic E-state index is 0.0154. The molecule has 0 fully saturated rings. The molecule has 0 aliphatic heterocycles. The Morgan fingerprint density at radius 1 is 1.40 bits per heavy atom. The lowest BCUT2D eigenvalue weighted by atomic mass is 10.2. The molecule has 0 radical (unpaired) electrons. The molecule has 1 aromatic carbocycles. The Morgan fingerprint density at radius 2 is 2.05 bits per heavy atom. The maximum absolute atomic E-state index is 12.2. The third-order valence-electron chi connectivity index (χ3n) is 2.62. The van der Waals surface area contributed by atoms with Crippen LogP contribution in [0.2, 0.25) is 0 Å². The maximum Gasteiger partial charge on any atom is 0.573 e. The van der Waals surface area contributed by atoms with Crippen LogP contribution >= 0.6 is 0 Å². The first-order chi connectivity index (χ1) is 9.31. The first-order valence-corrected chi connectivity index (χ1v) is 6.22. The molecule has 0 spiro atoms. The molecule has 20 heavy (non-hydrogen) atoms. The quantitative estimate of drug-likeness (QED) is 0.647. The van der Waals surface area contributed by atoms with Crippen molar-refractivity contribution < 1.29 is 17.9 Å². The van der Waals surface area contributed by atoms with Gasteiger partial charge >= 0.3 is 6.36 Å². The molecule has 0 aromatic heterocycles. The van der Waals surface area contributed by atoms with Crippen LogP contribution in [-0.4, -0.2) is 18.4 Å². The smallest absolute Gasteiger partial charge is 0.405 e. The van der Waals surface area contributed by atoms with E-state index in [1.807, 2.05) is 13.8 Å². The van der Waals surface area contributed by atoms with E-state index in [1.54, 1.807) is 6.07 Å². The molecule has 1 rings (SSSR count). The first-order valence-electron chi connectivity index (χ1n) is 6.22. The van der Waals surface area contributed by atoms with E-state index in [2.05, 4.69) is 15.0 Å². The normalized spacial score (nSPS) is 13.9. The average Bonchev–Trinajstić information content (AvgIpc) is 2.35. The summed E-state index contributed by atoms with van der Waals surface area (Å²) in [7, 11) is 0. The van der Waals surface area contributed by atoms with E-state index >= 15 is 0 Å². The summed E-state index contributed by atoms with van der Waals surface area (Å²) >= 11 is 0. The predicted octanol–water partition coefficient (Wildman–Crippen LogP) is 2.79. The van der Waals surface area contributed by atoms with Gasteiger partial charge in [-0.2, -0.15) is 0 Å². The second-order valence-electron chi connectivity index (χ2n) is 4.31. The standard InChI is InChI=1S/C13H18F3N3O/c1-3-9(2)19-12(17)18-8-10-6-4-5-7-11(10)20-13(14,15)16/h4-7,9H,3,8H2,1-2H3,(H3,17,18,19). The van der Waals surface area contributed by atoms with Crippen LogP contribution in [0, 0.1) is 0 Å². The van der Waals surface area contributed by atoms with Gasteiger partial charge in [0.1, 0.15) is 5.75 Å². The molecule has 112 valence electrons. The number of halogens is 3. The van der Waals surface area contributed by atoms with Crippen molar-refractivity contribution in [3.63, 3.8) is 0 Å². The van der Waals surface area contributed by atoms with Gasteiger partial charge in [0.05, 0.1) is 6.54 Å². The molecule has 0 heterocycles. The lowest BCUT2D eigenvalue weighted by molar-refractivity contribution is -0.274. The molecule has 0 bridgehead atoms. The Labute approximate surface area is 115 Å². The van der Waals surface area contributed by atoms with Crippen molar-refractivity contribution in [1.29, 1.82) is 0 Å². The summed E-state index contributed by atoms with van der Waals surface area (Å²) in [4.78, 5) is 4.01.